The van der Waals surface area contributed by atoms with E-state index in [2.05, 4.69) is 5.32 Å². The van der Waals surface area contributed by atoms with Crippen molar-refractivity contribution >= 4 is 22.8 Å². The van der Waals surface area contributed by atoms with Crippen LogP contribution in [0.4, 0.5) is 0 Å². The van der Waals surface area contributed by atoms with E-state index in [0.29, 0.717) is 11.3 Å². The molecular formula is C20H23NO6. The van der Waals surface area contributed by atoms with Crippen LogP contribution in [0.2, 0.25) is 0 Å². The molecule has 144 valence electrons. The number of aryl methyl sites for hydroxylation is 1. The minimum atomic E-state index is -1.09. The van der Waals surface area contributed by atoms with Gasteiger partial charge in [0.25, 0.3) is 5.91 Å². The summed E-state index contributed by atoms with van der Waals surface area (Å²) in [6.07, 6.45) is 1.63. The summed E-state index contributed by atoms with van der Waals surface area (Å²) >= 11 is 0. The van der Waals surface area contributed by atoms with Crippen LogP contribution in [0, 0.1) is 5.92 Å². The quantitative estimate of drug-likeness (QED) is 0.753. The third kappa shape index (κ3) is 3.82. The number of rotatable bonds is 6. The zero-order chi connectivity index (χ0) is 19.7. The maximum Gasteiger partial charge on any atom is 0.339 e. The largest absolute Gasteiger partial charge is 0.481 e. The highest BCUT2D eigenvalue weighted by Gasteiger charge is 2.26. The number of carbonyl (C=O) groups excluding carboxylic acids is 1. The molecule has 1 aliphatic rings. The summed E-state index contributed by atoms with van der Waals surface area (Å²) in [6, 6.07) is 4.16. The molecule has 7 nitrogen and oxygen atoms in total. The molecule has 2 atom stereocenters. The van der Waals surface area contributed by atoms with Crippen molar-refractivity contribution in [3.8, 4) is 5.75 Å². The van der Waals surface area contributed by atoms with Gasteiger partial charge in [0.05, 0.1) is 0 Å². The number of aliphatic carboxylic acids is 1. The second-order valence-electron chi connectivity index (χ2n) is 7.19. The fourth-order valence-corrected chi connectivity index (χ4v) is 3.38. The van der Waals surface area contributed by atoms with E-state index in [-0.39, 0.29) is 11.5 Å². The highest BCUT2D eigenvalue weighted by Crippen LogP contribution is 2.29. The lowest BCUT2D eigenvalue weighted by Gasteiger charge is -2.21. The molecular weight excluding hydrogens is 350 g/mol. The van der Waals surface area contributed by atoms with Gasteiger partial charge in [-0.1, -0.05) is 13.8 Å². The predicted molar refractivity (Wildman–Crippen MR) is 99.0 cm³/mol. The van der Waals surface area contributed by atoms with E-state index < -0.39 is 24.0 Å². The van der Waals surface area contributed by atoms with Gasteiger partial charge in [-0.3, -0.25) is 4.79 Å². The van der Waals surface area contributed by atoms with Crippen molar-refractivity contribution in [1.29, 1.82) is 0 Å². The van der Waals surface area contributed by atoms with E-state index in [1.165, 1.54) is 6.92 Å². The molecule has 2 N–H and O–H groups in total. The number of carboxylic acids is 1. The SMILES string of the molecule is CC(C)[C@H](NC(=O)[C@@H](C)Oc1ccc2c3c(c(=O)oc2c1)CCC3)C(=O)O. The van der Waals surface area contributed by atoms with Crippen molar-refractivity contribution in [2.24, 2.45) is 5.92 Å². The molecule has 0 fully saturated rings. The van der Waals surface area contributed by atoms with E-state index in [0.717, 1.165) is 35.8 Å². The third-order valence-electron chi connectivity index (χ3n) is 4.86. The van der Waals surface area contributed by atoms with Crippen LogP contribution >= 0.6 is 0 Å². The molecule has 1 amide bonds. The topological polar surface area (TPSA) is 106 Å². The molecule has 0 unspecified atom stereocenters. The van der Waals surface area contributed by atoms with Crippen LogP contribution in [-0.2, 0) is 22.4 Å². The van der Waals surface area contributed by atoms with Crippen molar-refractivity contribution in [1.82, 2.24) is 5.32 Å². The molecule has 0 saturated heterocycles. The Kier molecular flexibility index (Phi) is 5.21. The van der Waals surface area contributed by atoms with Crippen LogP contribution in [0.25, 0.3) is 11.0 Å². The maximum absolute atomic E-state index is 12.3. The molecule has 0 saturated carbocycles. The second kappa shape index (κ2) is 7.42. The smallest absolute Gasteiger partial charge is 0.339 e. The van der Waals surface area contributed by atoms with Crippen LogP contribution in [0.5, 0.6) is 5.75 Å². The molecule has 7 heteroatoms. The van der Waals surface area contributed by atoms with E-state index >= 15 is 0 Å². The first-order chi connectivity index (χ1) is 12.8. The average Bonchev–Trinajstić information content (AvgIpc) is 3.09. The molecule has 1 aliphatic carbocycles. The molecule has 0 radical (unpaired) electrons. The number of hydrogen-bond donors (Lipinski definition) is 2. The van der Waals surface area contributed by atoms with Gasteiger partial charge in [0.1, 0.15) is 17.4 Å². The number of amides is 1. The Balaban J connectivity index is 1.78. The van der Waals surface area contributed by atoms with E-state index in [1.807, 2.05) is 6.07 Å². The predicted octanol–water partition coefficient (Wildman–Crippen LogP) is 2.27. The van der Waals surface area contributed by atoms with Gasteiger partial charge < -0.3 is 19.6 Å². The van der Waals surface area contributed by atoms with Gasteiger partial charge in [0.2, 0.25) is 0 Å². The molecule has 2 aromatic rings. The highest BCUT2D eigenvalue weighted by atomic mass is 16.5. The Labute approximate surface area is 156 Å². The lowest BCUT2D eigenvalue weighted by molar-refractivity contribution is -0.144. The zero-order valence-electron chi connectivity index (χ0n) is 15.6. The highest BCUT2D eigenvalue weighted by molar-refractivity contribution is 5.87. The molecule has 27 heavy (non-hydrogen) atoms. The van der Waals surface area contributed by atoms with Gasteiger partial charge in [-0.05, 0) is 49.8 Å². The van der Waals surface area contributed by atoms with Gasteiger partial charge >= 0.3 is 11.6 Å². The van der Waals surface area contributed by atoms with Crippen LogP contribution in [0.1, 0.15) is 38.3 Å². The van der Waals surface area contributed by atoms with Crippen molar-refractivity contribution in [2.45, 2.75) is 52.2 Å². The number of carbonyl (C=O) groups is 2. The number of hydrogen-bond acceptors (Lipinski definition) is 5. The van der Waals surface area contributed by atoms with Gasteiger partial charge in [-0.25, -0.2) is 9.59 Å². The fourth-order valence-electron chi connectivity index (χ4n) is 3.38. The molecule has 0 aliphatic heterocycles. The van der Waals surface area contributed by atoms with Crippen molar-refractivity contribution < 1.29 is 23.8 Å². The number of benzene rings is 1. The van der Waals surface area contributed by atoms with Gasteiger partial charge in [-0.2, -0.15) is 0 Å². The first kappa shape index (κ1) is 18.9. The molecule has 0 spiro atoms. The Morgan fingerprint density at radius 3 is 2.56 bits per heavy atom. The van der Waals surface area contributed by atoms with E-state index in [1.54, 1.807) is 26.0 Å². The number of carboxylic acid groups (broad SMARTS) is 1. The van der Waals surface area contributed by atoms with Crippen molar-refractivity contribution in [2.75, 3.05) is 0 Å². The Morgan fingerprint density at radius 1 is 1.19 bits per heavy atom. The molecule has 3 rings (SSSR count). The normalized spacial score (nSPS) is 15.4. The zero-order valence-corrected chi connectivity index (χ0v) is 15.6. The summed E-state index contributed by atoms with van der Waals surface area (Å²) in [4.78, 5) is 35.6. The Morgan fingerprint density at radius 2 is 1.89 bits per heavy atom. The first-order valence-corrected chi connectivity index (χ1v) is 9.06. The Hall–Kier alpha value is -2.83. The lowest BCUT2D eigenvalue weighted by Crippen LogP contribution is -2.48. The lowest BCUT2D eigenvalue weighted by atomic mass is 10.0. The minimum Gasteiger partial charge on any atom is -0.481 e. The maximum atomic E-state index is 12.3. The minimum absolute atomic E-state index is 0.254. The number of fused-ring (bicyclic) bond motifs is 3. The van der Waals surface area contributed by atoms with Gasteiger partial charge in [0.15, 0.2) is 6.10 Å². The van der Waals surface area contributed by atoms with Crippen LogP contribution < -0.4 is 15.7 Å². The summed E-state index contributed by atoms with van der Waals surface area (Å²) in [7, 11) is 0. The average molecular weight is 373 g/mol. The molecule has 1 aromatic heterocycles. The summed E-state index contributed by atoms with van der Waals surface area (Å²) in [5.41, 5.74) is 1.88. The van der Waals surface area contributed by atoms with Crippen LogP contribution in [-0.4, -0.2) is 29.1 Å². The Bertz CT molecular complexity index is 945. The summed E-state index contributed by atoms with van der Waals surface area (Å²) in [5, 5.41) is 12.6. The fraction of sp³-hybridized carbons (Fsp3) is 0.450. The molecule has 0 bridgehead atoms. The van der Waals surface area contributed by atoms with Gasteiger partial charge in [-0.15, -0.1) is 0 Å². The summed E-state index contributed by atoms with van der Waals surface area (Å²) < 4.78 is 11.0. The standard InChI is InChI=1S/C20H23NO6/c1-10(2)17(19(23)24)21-18(22)11(3)26-12-7-8-14-13-5-4-6-15(13)20(25)27-16(14)9-12/h7-11,17H,4-6H2,1-3H3,(H,21,22)(H,23,24)/t11-,17+/m1/s1. The van der Waals surface area contributed by atoms with Crippen molar-refractivity contribution in [3.63, 3.8) is 0 Å². The van der Waals surface area contributed by atoms with Crippen LogP contribution in [0.3, 0.4) is 0 Å². The number of nitrogens with one attached hydrogen (secondary N) is 1. The molecule has 1 aromatic carbocycles. The van der Waals surface area contributed by atoms with Crippen LogP contribution in [0.15, 0.2) is 27.4 Å². The van der Waals surface area contributed by atoms with E-state index in [4.69, 9.17) is 9.15 Å². The summed E-state index contributed by atoms with van der Waals surface area (Å²) in [6.45, 7) is 4.97. The van der Waals surface area contributed by atoms with Gasteiger partial charge in [0, 0.05) is 17.0 Å². The molecule has 1 heterocycles. The monoisotopic (exact) mass is 373 g/mol. The van der Waals surface area contributed by atoms with Crippen molar-refractivity contribution in [3.05, 3.63) is 39.7 Å². The number of ether oxygens (including phenoxy) is 1. The van der Waals surface area contributed by atoms with E-state index in [9.17, 15) is 19.5 Å². The second-order valence-corrected chi connectivity index (χ2v) is 7.19. The first-order valence-electron chi connectivity index (χ1n) is 9.06. The summed E-state index contributed by atoms with van der Waals surface area (Å²) in [5.74, 6) is -1.49. The third-order valence-corrected chi connectivity index (χ3v) is 4.86.